The Morgan fingerprint density at radius 3 is 1.56 bits per heavy atom. The predicted octanol–water partition coefficient (Wildman–Crippen LogP) is 8.69. The van der Waals surface area contributed by atoms with Gasteiger partial charge in [-0.1, -0.05) is 94.8 Å². The van der Waals surface area contributed by atoms with Crippen LogP contribution in [0.5, 0.6) is 17.2 Å². The molecule has 2 aromatic heterocycles. The van der Waals surface area contributed by atoms with E-state index < -0.39 is 109 Å². The van der Waals surface area contributed by atoms with E-state index in [4.69, 9.17) is 114 Å². The number of ether oxygens (including phenoxy) is 15. The maximum Gasteiger partial charge on any atom is 0.415 e. The van der Waals surface area contributed by atoms with E-state index in [0.29, 0.717) is 88.9 Å². The third-order valence-corrected chi connectivity index (χ3v) is 24.9. The van der Waals surface area contributed by atoms with Crippen molar-refractivity contribution in [3.05, 3.63) is 114 Å². The summed E-state index contributed by atoms with van der Waals surface area (Å²) in [6, 6.07) is 21.6. The monoisotopic (exact) mass is 2130 g/mol. The third kappa shape index (κ3) is 46.7. The van der Waals surface area contributed by atoms with Crippen LogP contribution in [-0.2, 0) is 108 Å². The molecule has 0 bridgehead atoms. The number of primary amides is 1. The van der Waals surface area contributed by atoms with Crippen LogP contribution in [0.15, 0.2) is 96.2 Å². The number of carboxylic acids is 1. The molecular weight excluding hydrogens is 1990 g/mol. The Morgan fingerprint density at radius 1 is 0.571 bits per heavy atom. The number of halogens is 1. The van der Waals surface area contributed by atoms with E-state index in [1.54, 1.807) is 89.0 Å². The molecule has 822 valence electrons. The van der Waals surface area contributed by atoms with Crippen molar-refractivity contribution >= 4 is 138 Å². The van der Waals surface area contributed by atoms with Crippen molar-refractivity contribution in [2.24, 2.45) is 11.7 Å². The van der Waals surface area contributed by atoms with Crippen LogP contribution in [0.3, 0.4) is 0 Å². The number of likely N-dealkylation sites (N-methyl/N-ethyl adjacent to an activating group) is 2. The molecule has 8 unspecified atom stereocenters. The highest BCUT2D eigenvalue weighted by atomic mass is 35.5. The van der Waals surface area contributed by atoms with E-state index in [-0.39, 0.29) is 210 Å². The molecule has 48 heteroatoms. The molecule has 0 saturated heterocycles. The van der Waals surface area contributed by atoms with Crippen molar-refractivity contribution in [2.75, 3.05) is 164 Å². The first-order chi connectivity index (χ1) is 70.6. The largest absolute Gasteiger partial charge is 0.492 e. The minimum Gasteiger partial charge on any atom is -0.492 e. The van der Waals surface area contributed by atoms with Crippen LogP contribution in [-0.4, -0.2) is 343 Å². The number of aromatic amines is 1. The number of urea groups is 1. The molecule has 0 fully saturated rings. The number of rotatable bonds is 65. The van der Waals surface area contributed by atoms with Gasteiger partial charge < -0.3 is 159 Å². The van der Waals surface area contributed by atoms with Gasteiger partial charge in [0.25, 0.3) is 5.91 Å². The van der Waals surface area contributed by atoms with Crippen molar-refractivity contribution in [3.63, 3.8) is 0 Å². The number of methoxy groups -OCH3 is 6. The second-order valence-corrected chi connectivity index (χ2v) is 36.2. The minimum atomic E-state index is -1.12. The first kappa shape index (κ1) is 128. The standard InChI is InChI=1S/C61H80ClN9O17.C19H30N2O6S2.C12H22O7.C7H16O4/c1-9-41(32-73)87-50(82-6)34-85-49(75)18-12-17-48(74)68-52(35(2)3)57(77)67-44(16-13-23-64-59(63)79)56(76)65-40-21-19-36(20-22-40)33-86-60(80)69(4)24-25-70(5)61(81)88-47-28-46-51(43-15-11-10-14-42(43)47)39(29-62)30-71(46)58(78)45-27-37-26-38(31-72)54(83-7)55(84-8)53(37)66-45;1-3-15(13-22)27-19(25-2)14-26-18(24)9-6-7-16(23)20-11-12-28-29-17-8-4-5-10-21-17;1-3-9(7-13)19-12(17-2)8-18-11(16)6-4-5-10(14)15;1-3-6(4-8)11-7(5-9)10-2/h10-11,14-15,19-22,26-28,35,39,41,44,50,52,66,72-73H,9,12-13,16-18,23-25,29-34H2,1-8H3,(H,65,76)(H,67,77)(H,68,74)(H3,63,64,79);4-5,8,10,15,19,22H,3,6-7,9,11-14H2,1-2H3,(H,20,23);9,12-13H,3-8H2,1-2H3,(H,14,15);6-9H,3-5H2,1-2H3/t39-,41?,44+,50?,52+;;;/m0.../s1. The highest BCUT2D eigenvalue weighted by molar-refractivity contribution is 8.76. The first-order valence-electron chi connectivity index (χ1n) is 48.2. The quantitative estimate of drug-likeness (QED) is 0.00424. The topological polar surface area (TPSA) is 609 Å². The number of aliphatic carboxylic acids is 1. The van der Waals surface area contributed by atoms with Crippen LogP contribution >= 0.6 is 33.2 Å². The number of nitrogens with two attached hydrogens (primary N) is 1. The van der Waals surface area contributed by atoms with Gasteiger partial charge in [-0.05, 0) is 127 Å². The summed E-state index contributed by atoms with van der Waals surface area (Å²) in [6.45, 7) is 10.4. The highest BCUT2D eigenvalue weighted by Gasteiger charge is 2.38. The third-order valence-electron chi connectivity index (χ3n) is 22.3. The predicted molar refractivity (Wildman–Crippen MR) is 545 cm³/mol. The molecule has 0 aliphatic carbocycles. The Kier molecular flexibility index (Phi) is 63.0. The number of hydrogen-bond acceptors (Lipinski definition) is 36. The first-order valence-corrected chi connectivity index (χ1v) is 51.0. The molecule has 1 aliphatic rings. The van der Waals surface area contributed by atoms with Crippen LogP contribution in [0.4, 0.5) is 25.8 Å². The molecule has 6 aromatic rings. The van der Waals surface area contributed by atoms with Gasteiger partial charge in [0.1, 0.15) is 55.0 Å². The average molecular weight is 2140 g/mol. The van der Waals surface area contributed by atoms with Crippen LogP contribution in [0.25, 0.3) is 21.7 Å². The van der Waals surface area contributed by atoms with Gasteiger partial charge >= 0.3 is 42.1 Å². The lowest BCUT2D eigenvalue weighted by molar-refractivity contribution is -0.194. The fraction of sp³-hybridized carbons (Fsp3) is 0.586. The zero-order chi connectivity index (χ0) is 109. The number of nitrogens with zero attached hydrogens (tertiary/aromatic N) is 4. The van der Waals surface area contributed by atoms with Gasteiger partial charge in [0, 0.05) is 166 Å². The number of fused-ring (bicyclic) bond motifs is 4. The lowest BCUT2D eigenvalue weighted by Gasteiger charge is -2.25. The van der Waals surface area contributed by atoms with E-state index in [1.807, 2.05) is 70.2 Å². The summed E-state index contributed by atoms with van der Waals surface area (Å²) < 4.78 is 79.4. The van der Waals surface area contributed by atoms with Crippen LogP contribution < -0.4 is 51.4 Å². The number of amides is 9. The van der Waals surface area contributed by atoms with Gasteiger partial charge in [-0.3, -0.25) is 43.2 Å². The number of carbonyl (C=O) groups is 12. The average Bonchev–Trinajstić information content (AvgIpc) is 1.59. The highest BCUT2D eigenvalue weighted by Crippen LogP contribution is 2.47. The van der Waals surface area contributed by atoms with Crippen molar-refractivity contribution in [2.45, 2.75) is 224 Å². The number of anilines is 2. The summed E-state index contributed by atoms with van der Waals surface area (Å²) in [7, 11) is 14.8. The Labute approximate surface area is 868 Å². The molecule has 4 aromatic carbocycles. The van der Waals surface area contributed by atoms with Crippen LogP contribution in [0.2, 0.25) is 0 Å². The van der Waals surface area contributed by atoms with Crippen molar-refractivity contribution in [1.29, 1.82) is 0 Å². The van der Waals surface area contributed by atoms with Crippen molar-refractivity contribution in [1.82, 2.24) is 41.0 Å². The summed E-state index contributed by atoms with van der Waals surface area (Å²) in [6.07, 6.45) is -0.367. The lowest BCUT2D eigenvalue weighted by atomic mass is 9.95. The number of nitrogens with one attached hydrogen (secondary N) is 6. The van der Waals surface area contributed by atoms with E-state index in [9.17, 15) is 67.7 Å². The molecule has 45 nitrogen and oxygen atoms in total. The SMILES string of the molecule is CCC(CO)OC(CO)OC.CCC(CO)OC(COC(=O)CCCC(=O)NCCSSc1ccccn1)OC.CCC(CO)OC(COC(=O)CCCC(=O)N[C@@H](C(=O)N[C@H](CCCNC(N)=O)C(=O)Nc1ccc(COC(=O)N(C)CCN(C)C(=O)Oc2cc3c(c4ccccc24)[C@@H](CCl)CN3C(=O)c2cc3cc(CO)c(OC)c(OC)c3[nH]2)cc1)C(C)C)OC.CCC(CO)OC(COC(=O)CCCC(=O)O)OC. The van der Waals surface area contributed by atoms with Crippen LogP contribution in [0, 0.1) is 5.92 Å². The number of aliphatic hydroxyl groups excluding tert-OH is 6. The lowest BCUT2D eigenvalue weighted by Crippen LogP contribution is -2.54. The summed E-state index contributed by atoms with van der Waals surface area (Å²) in [5.74, 6) is -3.50. The molecule has 15 N–H and O–H groups in total. The molecule has 0 radical (unpaired) electrons. The van der Waals surface area contributed by atoms with Crippen LogP contribution in [0.1, 0.15) is 171 Å². The Hall–Kier alpha value is -11.1. The van der Waals surface area contributed by atoms with E-state index in [1.165, 1.54) is 66.6 Å². The number of esters is 3. The number of carbonyl (C=O) groups excluding carboxylic acids is 11. The number of aliphatic hydroxyl groups is 6. The molecule has 1 aliphatic heterocycles. The minimum absolute atomic E-state index is 0.0416. The molecule has 147 heavy (non-hydrogen) atoms. The maximum atomic E-state index is 14.4. The molecule has 3 heterocycles. The second-order valence-electron chi connectivity index (χ2n) is 33.4. The summed E-state index contributed by atoms with van der Waals surface area (Å²) in [4.78, 5) is 162. The molecule has 11 atom stereocenters. The fourth-order valence-corrected chi connectivity index (χ4v) is 15.9. The second kappa shape index (κ2) is 72.3. The number of H-pyrrole nitrogens is 1. The van der Waals surface area contributed by atoms with Crippen molar-refractivity contribution < 1.29 is 164 Å². The van der Waals surface area contributed by atoms with Gasteiger partial charge in [-0.2, -0.15) is 0 Å². The van der Waals surface area contributed by atoms with E-state index in [2.05, 4.69) is 36.6 Å². The Balaban J connectivity index is 0.000000611. The van der Waals surface area contributed by atoms with Gasteiger partial charge in [0.2, 0.25) is 23.6 Å². The molecular formula is C99H148ClN11O34S2. The number of hydrogen-bond donors (Lipinski definition) is 14. The zero-order valence-corrected chi connectivity index (χ0v) is 88.3. The zero-order valence-electron chi connectivity index (χ0n) is 85.9. The normalized spacial score (nSPS) is 14.0. The number of alkyl halides is 1. The summed E-state index contributed by atoms with van der Waals surface area (Å²) in [5, 5.41) is 79.7. The van der Waals surface area contributed by atoms with E-state index >= 15 is 0 Å². The fourth-order valence-electron chi connectivity index (χ4n) is 13.8. The number of carboxylic acid groups (broad SMARTS) is 1. The van der Waals surface area contributed by atoms with Gasteiger partial charge in [0.05, 0.1) is 89.5 Å². The smallest absolute Gasteiger partial charge is 0.415 e. The Bertz CT molecular complexity index is 4930. The molecule has 0 spiro atoms. The maximum absolute atomic E-state index is 14.4. The number of aromatic nitrogens is 2. The molecule has 7 rings (SSSR count). The van der Waals surface area contributed by atoms with Gasteiger partial charge in [0.15, 0.2) is 36.7 Å². The summed E-state index contributed by atoms with van der Waals surface area (Å²) in [5.41, 5.74) is 8.71. The van der Waals surface area contributed by atoms with Crippen molar-refractivity contribution in [3.8, 4) is 17.2 Å². The summed E-state index contributed by atoms with van der Waals surface area (Å²) >= 11 is 6.56. The number of pyridine rings is 1. The Morgan fingerprint density at radius 2 is 1.09 bits per heavy atom. The van der Waals surface area contributed by atoms with E-state index in [0.717, 1.165) is 21.7 Å². The number of benzene rings is 4. The molecule has 9 amide bonds. The molecule has 0 saturated carbocycles. The van der Waals surface area contributed by atoms with Gasteiger partial charge in [-0.15, -0.1) is 11.6 Å². The van der Waals surface area contributed by atoms with Gasteiger partial charge in [-0.25, -0.2) is 19.4 Å².